The Labute approximate surface area is 105 Å². The van der Waals surface area contributed by atoms with Crippen molar-refractivity contribution in [3.63, 3.8) is 0 Å². The van der Waals surface area contributed by atoms with Crippen LogP contribution in [0, 0.1) is 16.7 Å². The summed E-state index contributed by atoms with van der Waals surface area (Å²) < 4.78 is 5.47. The lowest BCUT2D eigenvalue weighted by molar-refractivity contribution is -0.00543. The van der Waals surface area contributed by atoms with Gasteiger partial charge < -0.3 is 10.5 Å². The van der Waals surface area contributed by atoms with Crippen molar-refractivity contribution >= 4 is 0 Å². The molecule has 2 saturated carbocycles. The van der Waals surface area contributed by atoms with Gasteiger partial charge in [0, 0.05) is 25.2 Å². The molecule has 2 unspecified atom stereocenters. The maximum absolute atomic E-state index is 6.62. The molecule has 1 heterocycles. The van der Waals surface area contributed by atoms with Crippen molar-refractivity contribution < 1.29 is 4.74 Å². The number of rotatable bonds is 1. The van der Waals surface area contributed by atoms with Crippen LogP contribution in [0.3, 0.4) is 0 Å². The zero-order chi connectivity index (χ0) is 12.3. The van der Waals surface area contributed by atoms with Gasteiger partial charge in [0.2, 0.25) is 0 Å². The predicted octanol–water partition coefficient (Wildman–Crippen LogP) is 1.47. The average molecular weight is 238 g/mol. The maximum atomic E-state index is 6.62. The Morgan fingerprint density at radius 1 is 1.18 bits per heavy atom. The van der Waals surface area contributed by atoms with E-state index in [1.807, 2.05) is 0 Å². The van der Waals surface area contributed by atoms with Gasteiger partial charge in [-0.3, -0.25) is 4.90 Å². The highest BCUT2D eigenvalue weighted by Crippen LogP contribution is 2.65. The summed E-state index contributed by atoms with van der Waals surface area (Å²) in [6.07, 6.45) is 2.67. The SMILES string of the molecule is CC1(C)C2CCC1(C)[C@@H](N)[C@@H]2N1CCOCC1. The zero-order valence-electron chi connectivity index (χ0n) is 11.4. The van der Waals surface area contributed by atoms with Crippen LogP contribution in [0.2, 0.25) is 0 Å². The van der Waals surface area contributed by atoms with E-state index in [1.54, 1.807) is 0 Å². The van der Waals surface area contributed by atoms with Gasteiger partial charge in [0.15, 0.2) is 0 Å². The summed E-state index contributed by atoms with van der Waals surface area (Å²) in [5.74, 6) is 0.778. The van der Waals surface area contributed by atoms with E-state index in [-0.39, 0.29) is 0 Å². The third kappa shape index (κ3) is 1.39. The van der Waals surface area contributed by atoms with Gasteiger partial charge in [0.1, 0.15) is 0 Å². The Morgan fingerprint density at radius 2 is 1.82 bits per heavy atom. The fraction of sp³-hybridized carbons (Fsp3) is 1.00. The van der Waals surface area contributed by atoms with Crippen molar-refractivity contribution in [2.45, 2.75) is 45.7 Å². The lowest BCUT2D eigenvalue weighted by atomic mass is 9.69. The Kier molecular flexibility index (Phi) is 2.59. The quantitative estimate of drug-likeness (QED) is 0.752. The summed E-state index contributed by atoms with van der Waals surface area (Å²) in [5.41, 5.74) is 7.35. The van der Waals surface area contributed by atoms with Crippen LogP contribution in [0.5, 0.6) is 0 Å². The Morgan fingerprint density at radius 3 is 2.35 bits per heavy atom. The van der Waals surface area contributed by atoms with Crippen LogP contribution in [-0.4, -0.2) is 43.3 Å². The zero-order valence-corrected chi connectivity index (χ0v) is 11.4. The summed E-state index contributed by atoms with van der Waals surface area (Å²) in [5, 5.41) is 0. The van der Waals surface area contributed by atoms with Gasteiger partial charge in [-0.25, -0.2) is 0 Å². The van der Waals surface area contributed by atoms with E-state index < -0.39 is 0 Å². The van der Waals surface area contributed by atoms with Crippen molar-refractivity contribution in [2.24, 2.45) is 22.5 Å². The summed E-state index contributed by atoms with van der Waals surface area (Å²) in [4.78, 5) is 2.60. The van der Waals surface area contributed by atoms with Crippen molar-refractivity contribution in [1.29, 1.82) is 0 Å². The standard InChI is InChI=1S/C14H26N2O/c1-13(2)10-4-5-14(13,3)12(15)11(10)16-6-8-17-9-7-16/h10-12H,4-9,15H2,1-3H3/t10?,11-,12+,14?/m1/s1. The molecule has 1 saturated heterocycles. The number of nitrogens with zero attached hydrogens (tertiary/aromatic N) is 1. The molecule has 4 atom stereocenters. The molecule has 0 amide bonds. The smallest absolute Gasteiger partial charge is 0.0594 e. The Bertz CT molecular complexity index is 311. The fourth-order valence-electron chi connectivity index (χ4n) is 4.74. The number of ether oxygens (including phenoxy) is 1. The Hall–Kier alpha value is -0.120. The van der Waals surface area contributed by atoms with E-state index in [2.05, 4.69) is 25.7 Å². The minimum Gasteiger partial charge on any atom is -0.379 e. The molecule has 1 aliphatic heterocycles. The molecule has 3 nitrogen and oxygen atoms in total. The van der Waals surface area contributed by atoms with Gasteiger partial charge in [-0.2, -0.15) is 0 Å². The first-order valence-corrected chi connectivity index (χ1v) is 7.06. The van der Waals surface area contributed by atoms with Crippen LogP contribution in [0.4, 0.5) is 0 Å². The highest BCUT2D eigenvalue weighted by Gasteiger charge is 2.65. The molecule has 98 valence electrons. The minimum atomic E-state index is 0.334. The molecule has 2 N–H and O–H groups in total. The molecule has 2 bridgehead atoms. The molecule has 3 aliphatic rings. The van der Waals surface area contributed by atoms with Crippen LogP contribution in [-0.2, 0) is 4.74 Å². The summed E-state index contributed by atoms with van der Waals surface area (Å²) in [7, 11) is 0. The third-order valence-electron chi connectivity index (χ3n) is 6.36. The highest BCUT2D eigenvalue weighted by atomic mass is 16.5. The minimum absolute atomic E-state index is 0.334. The molecule has 0 aromatic carbocycles. The second-order valence-electron chi connectivity index (χ2n) is 6.95. The van der Waals surface area contributed by atoms with E-state index >= 15 is 0 Å². The largest absolute Gasteiger partial charge is 0.379 e. The summed E-state index contributed by atoms with van der Waals surface area (Å²) >= 11 is 0. The third-order valence-corrected chi connectivity index (χ3v) is 6.36. The normalized spacial score (nSPS) is 49.8. The van der Waals surface area contributed by atoms with Gasteiger partial charge >= 0.3 is 0 Å². The first-order valence-electron chi connectivity index (χ1n) is 7.06. The molecule has 0 spiro atoms. The topological polar surface area (TPSA) is 38.5 Å². The predicted molar refractivity (Wildman–Crippen MR) is 68.8 cm³/mol. The van der Waals surface area contributed by atoms with Crippen molar-refractivity contribution in [2.75, 3.05) is 26.3 Å². The Balaban J connectivity index is 1.88. The van der Waals surface area contributed by atoms with Gasteiger partial charge in [0.25, 0.3) is 0 Å². The number of morpholine rings is 1. The fourth-order valence-corrected chi connectivity index (χ4v) is 4.74. The van der Waals surface area contributed by atoms with E-state index in [1.165, 1.54) is 12.8 Å². The van der Waals surface area contributed by atoms with Gasteiger partial charge in [0.05, 0.1) is 13.2 Å². The lowest BCUT2D eigenvalue weighted by Crippen LogP contribution is -2.56. The molecule has 17 heavy (non-hydrogen) atoms. The van der Waals surface area contributed by atoms with Gasteiger partial charge in [-0.1, -0.05) is 20.8 Å². The van der Waals surface area contributed by atoms with Gasteiger partial charge in [-0.05, 0) is 29.6 Å². The highest BCUT2D eigenvalue weighted by molar-refractivity contribution is 5.19. The van der Waals surface area contributed by atoms with E-state index in [9.17, 15) is 0 Å². The first kappa shape index (κ1) is 11.9. The molecule has 2 aliphatic carbocycles. The molecule has 0 aromatic rings. The van der Waals surface area contributed by atoms with Crippen LogP contribution >= 0.6 is 0 Å². The number of nitrogens with two attached hydrogens (primary N) is 1. The molecular formula is C14H26N2O. The van der Waals surface area contributed by atoms with Crippen LogP contribution in [0.1, 0.15) is 33.6 Å². The van der Waals surface area contributed by atoms with Crippen LogP contribution < -0.4 is 5.73 Å². The van der Waals surface area contributed by atoms with E-state index in [0.29, 0.717) is 22.9 Å². The van der Waals surface area contributed by atoms with Gasteiger partial charge in [-0.15, -0.1) is 0 Å². The van der Waals surface area contributed by atoms with Crippen LogP contribution in [0.25, 0.3) is 0 Å². The second-order valence-corrected chi connectivity index (χ2v) is 6.95. The second kappa shape index (κ2) is 3.69. The average Bonchev–Trinajstić information content (AvgIpc) is 2.62. The summed E-state index contributed by atoms with van der Waals surface area (Å²) in [6, 6.07) is 0.932. The molecule has 3 rings (SSSR count). The van der Waals surface area contributed by atoms with Crippen molar-refractivity contribution in [3.8, 4) is 0 Å². The summed E-state index contributed by atoms with van der Waals surface area (Å²) in [6.45, 7) is 11.2. The molecule has 3 heteroatoms. The van der Waals surface area contributed by atoms with Crippen molar-refractivity contribution in [1.82, 2.24) is 4.90 Å². The van der Waals surface area contributed by atoms with E-state index in [0.717, 1.165) is 32.2 Å². The van der Waals surface area contributed by atoms with Crippen molar-refractivity contribution in [3.05, 3.63) is 0 Å². The maximum Gasteiger partial charge on any atom is 0.0594 e. The number of hydrogen-bond donors (Lipinski definition) is 1. The molecular weight excluding hydrogens is 212 g/mol. The molecule has 3 fully saturated rings. The van der Waals surface area contributed by atoms with E-state index in [4.69, 9.17) is 10.5 Å². The molecule has 0 radical (unpaired) electrons. The monoisotopic (exact) mass is 238 g/mol. The number of fused-ring (bicyclic) bond motifs is 2. The number of hydrogen-bond acceptors (Lipinski definition) is 3. The van der Waals surface area contributed by atoms with Crippen LogP contribution in [0.15, 0.2) is 0 Å². The lowest BCUT2D eigenvalue weighted by Gasteiger charge is -2.42. The first-order chi connectivity index (χ1) is 7.98. The molecule has 0 aromatic heterocycles.